The zero-order valence-electron chi connectivity index (χ0n) is 15.2. The van der Waals surface area contributed by atoms with E-state index >= 15 is 0 Å². The smallest absolute Gasteiger partial charge is 0.227 e. The van der Waals surface area contributed by atoms with Gasteiger partial charge >= 0.3 is 0 Å². The molecule has 1 atom stereocenters. The predicted octanol–water partition coefficient (Wildman–Crippen LogP) is 4.55. The highest BCUT2D eigenvalue weighted by Gasteiger charge is 2.16. The molecule has 0 saturated heterocycles. The molecule has 4 heteroatoms. The maximum Gasteiger partial charge on any atom is 0.227 e. The van der Waals surface area contributed by atoms with Crippen LogP contribution in [0.2, 0.25) is 0 Å². The molecule has 0 spiro atoms. The number of carbonyl (C=O) groups excluding carboxylic acids is 1. The first-order chi connectivity index (χ1) is 11.8. The zero-order valence-corrected chi connectivity index (χ0v) is 15.2. The number of nitrogens with zero attached hydrogens (tertiary/aromatic N) is 1. The van der Waals surface area contributed by atoms with Crippen LogP contribution in [0.5, 0.6) is 0 Å². The van der Waals surface area contributed by atoms with Crippen molar-refractivity contribution in [3.63, 3.8) is 0 Å². The van der Waals surface area contributed by atoms with Gasteiger partial charge in [0.15, 0.2) is 12.0 Å². The molecular weight excluding hydrogens is 312 g/mol. The van der Waals surface area contributed by atoms with Crippen molar-refractivity contribution in [1.29, 1.82) is 0 Å². The average molecular weight is 336 g/mol. The lowest BCUT2D eigenvalue weighted by Crippen LogP contribution is -2.27. The van der Waals surface area contributed by atoms with Crippen LogP contribution in [-0.4, -0.2) is 10.9 Å². The van der Waals surface area contributed by atoms with Crippen LogP contribution in [-0.2, 0) is 16.8 Å². The Morgan fingerprint density at radius 2 is 1.88 bits per heavy atom. The fraction of sp³-hybridized carbons (Fsp3) is 0.333. The number of aromatic nitrogens is 1. The van der Waals surface area contributed by atoms with Crippen molar-refractivity contribution in [3.05, 3.63) is 65.5 Å². The van der Waals surface area contributed by atoms with Crippen molar-refractivity contribution in [2.75, 3.05) is 0 Å². The summed E-state index contributed by atoms with van der Waals surface area (Å²) in [5.41, 5.74) is 4.96. The Morgan fingerprint density at radius 1 is 1.16 bits per heavy atom. The normalized spacial score (nSPS) is 13.0. The summed E-state index contributed by atoms with van der Waals surface area (Å²) in [5.74, 6) is -0.238. The van der Waals surface area contributed by atoms with E-state index in [2.05, 4.69) is 55.3 Å². The predicted molar refractivity (Wildman–Crippen MR) is 99.4 cm³/mol. The topological polar surface area (TPSA) is 55.1 Å². The van der Waals surface area contributed by atoms with Crippen LogP contribution < -0.4 is 5.32 Å². The molecule has 130 valence electrons. The van der Waals surface area contributed by atoms with Crippen LogP contribution >= 0.6 is 0 Å². The second kappa shape index (κ2) is 6.71. The number of benzene rings is 2. The van der Waals surface area contributed by atoms with Crippen LogP contribution in [0, 0.1) is 0 Å². The molecule has 0 saturated carbocycles. The van der Waals surface area contributed by atoms with Crippen molar-refractivity contribution in [2.24, 2.45) is 0 Å². The molecule has 1 aromatic heterocycles. The highest BCUT2D eigenvalue weighted by molar-refractivity contribution is 5.84. The van der Waals surface area contributed by atoms with E-state index in [1.54, 1.807) is 0 Å². The van der Waals surface area contributed by atoms with Gasteiger partial charge in [0.25, 0.3) is 0 Å². The number of rotatable bonds is 4. The largest absolute Gasteiger partial charge is 0.443 e. The minimum Gasteiger partial charge on any atom is -0.443 e. The van der Waals surface area contributed by atoms with E-state index in [9.17, 15) is 4.79 Å². The first kappa shape index (κ1) is 17.2. The number of hydrogen-bond acceptors (Lipinski definition) is 3. The van der Waals surface area contributed by atoms with Gasteiger partial charge < -0.3 is 9.73 Å². The highest BCUT2D eigenvalue weighted by atomic mass is 16.3. The number of hydrogen-bond donors (Lipinski definition) is 1. The van der Waals surface area contributed by atoms with Gasteiger partial charge in [-0.05, 0) is 41.2 Å². The molecule has 1 heterocycles. The van der Waals surface area contributed by atoms with Crippen LogP contribution in [0.1, 0.15) is 50.3 Å². The third kappa shape index (κ3) is 3.90. The summed E-state index contributed by atoms with van der Waals surface area (Å²) < 4.78 is 5.24. The van der Waals surface area contributed by atoms with Gasteiger partial charge in [-0.15, -0.1) is 0 Å². The quantitative estimate of drug-likeness (QED) is 0.760. The minimum atomic E-state index is -0.241. The monoisotopic (exact) mass is 336 g/mol. The van der Waals surface area contributed by atoms with Gasteiger partial charge in [0.05, 0.1) is 5.92 Å². The number of amides is 1. The summed E-state index contributed by atoms with van der Waals surface area (Å²) in [6.45, 7) is 9.00. The summed E-state index contributed by atoms with van der Waals surface area (Å²) in [6, 6.07) is 14.1. The van der Waals surface area contributed by atoms with Gasteiger partial charge in [-0.1, -0.05) is 51.1 Å². The molecule has 1 unspecified atom stereocenters. The third-order valence-corrected chi connectivity index (χ3v) is 4.53. The summed E-state index contributed by atoms with van der Waals surface area (Å²) in [7, 11) is 0. The van der Waals surface area contributed by atoms with Gasteiger partial charge in [-0.25, -0.2) is 4.98 Å². The Balaban J connectivity index is 1.63. The Kier molecular flexibility index (Phi) is 4.62. The van der Waals surface area contributed by atoms with Crippen LogP contribution in [0.4, 0.5) is 0 Å². The van der Waals surface area contributed by atoms with E-state index in [1.165, 1.54) is 12.0 Å². The van der Waals surface area contributed by atoms with Gasteiger partial charge in [-0.3, -0.25) is 4.79 Å². The van der Waals surface area contributed by atoms with Crippen molar-refractivity contribution >= 4 is 17.0 Å². The van der Waals surface area contributed by atoms with E-state index in [4.69, 9.17) is 4.42 Å². The van der Waals surface area contributed by atoms with Crippen molar-refractivity contribution in [1.82, 2.24) is 10.3 Å². The average Bonchev–Trinajstić information content (AvgIpc) is 3.06. The Labute approximate surface area is 148 Å². The highest BCUT2D eigenvalue weighted by Crippen LogP contribution is 2.23. The number of fused-ring (bicyclic) bond motifs is 1. The zero-order chi connectivity index (χ0) is 18.0. The second-order valence-electron chi connectivity index (χ2n) is 7.47. The molecule has 0 radical (unpaired) electrons. The van der Waals surface area contributed by atoms with E-state index in [-0.39, 0.29) is 17.2 Å². The molecule has 4 nitrogen and oxygen atoms in total. The standard InChI is InChI=1S/C21H24N2O2/c1-14(16-7-10-19-18(11-16)23-13-25-19)20(24)22-12-15-5-8-17(9-6-15)21(2,3)4/h5-11,13-14H,12H2,1-4H3,(H,22,24). The molecule has 0 aliphatic heterocycles. The van der Waals surface area contributed by atoms with Crippen molar-refractivity contribution in [3.8, 4) is 0 Å². The van der Waals surface area contributed by atoms with Gasteiger partial charge in [0.1, 0.15) is 5.52 Å². The first-order valence-corrected chi connectivity index (χ1v) is 8.55. The van der Waals surface area contributed by atoms with Gasteiger partial charge in [0, 0.05) is 6.54 Å². The molecule has 0 aliphatic carbocycles. The summed E-state index contributed by atoms with van der Waals surface area (Å²) in [6.07, 6.45) is 1.42. The Hall–Kier alpha value is -2.62. The van der Waals surface area contributed by atoms with Crippen molar-refractivity contribution < 1.29 is 9.21 Å². The van der Waals surface area contributed by atoms with E-state index < -0.39 is 0 Å². The number of nitrogens with one attached hydrogen (secondary N) is 1. The summed E-state index contributed by atoms with van der Waals surface area (Å²) >= 11 is 0. The van der Waals surface area contributed by atoms with E-state index in [0.717, 1.165) is 22.2 Å². The molecule has 0 bridgehead atoms. The molecule has 0 aliphatic rings. The first-order valence-electron chi connectivity index (χ1n) is 8.55. The molecular formula is C21H24N2O2. The van der Waals surface area contributed by atoms with Crippen LogP contribution in [0.15, 0.2) is 53.3 Å². The Morgan fingerprint density at radius 3 is 2.56 bits per heavy atom. The molecule has 3 aromatic rings. The number of oxazole rings is 1. The van der Waals surface area contributed by atoms with Crippen LogP contribution in [0.3, 0.4) is 0 Å². The molecule has 25 heavy (non-hydrogen) atoms. The summed E-state index contributed by atoms with van der Waals surface area (Å²) in [4.78, 5) is 16.6. The minimum absolute atomic E-state index is 0.00254. The van der Waals surface area contributed by atoms with E-state index in [1.807, 2.05) is 25.1 Å². The fourth-order valence-corrected chi connectivity index (χ4v) is 2.76. The van der Waals surface area contributed by atoms with Crippen LogP contribution in [0.25, 0.3) is 11.1 Å². The lowest BCUT2D eigenvalue weighted by molar-refractivity contribution is -0.122. The molecule has 0 fully saturated rings. The maximum absolute atomic E-state index is 12.5. The van der Waals surface area contributed by atoms with Gasteiger partial charge in [0.2, 0.25) is 5.91 Å². The SMILES string of the molecule is CC(C(=O)NCc1ccc(C(C)(C)C)cc1)c1ccc2ocnc2c1. The maximum atomic E-state index is 12.5. The van der Waals surface area contributed by atoms with E-state index in [0.29, 0.717) is 6.54 Å². The summed E-state index contributed by atoms with van der Waals surface area (Å²) in [5, 5.41) is 3.01. The second-order valence-corrected chi connectivity index (χ2v) is 7.47. The molecule has 3 rings (SSSR count). The number of carbonyl (C=O) groups is 1. The Bertz CT molecular complexity index is 873. The lowest BCUT2D eigenvalue weighted by atomic mass is 9.87. The third-order valence-electron chi connectivity index (χ3n) is 4.53. The fourth-order valence-electron chi connectivity index (χ4n) is 2.76. The molecule has 1 N–H and O–H groups in total. The van der Waals surface area contributed by atoms with Crippen molar-refractivity contribution in [2.45, 2.75) is 45.6 Å². The molecule has 1 amide bonds. The molecule has 2 aromatic carbocycles. The lowest BCUT2D eigenvalue weighted by Gasteiger charge is -2.19. The van der Waals surface area contributed by atoms with Gasteiger partial charge in [-0.2, -0.15) is 0 Å².